The molecule has 0 amide bonds. The van der Waals surface area contributed by atoms with Gasteiger partial charge in [0.1, 0.15) is 43.6 Å². The molecule has 1 aliphatic heterocycles. The Morgan fingerprint density at radius 2 is 1.74 bits per heavy atom. The maximum Gasteiger partial charge on any atom is 0.277 e. The first-order valence-corrected chi connectivity index (χ1v) is 13.2. The average molecular weight is 562 g/mol. The van der Waals surface area contributed by atoms with Crippen LogP contribution in [0.3, 0.4) is 0 Å². The first-order chi connectivity index (χ1) is 17.5. The molecule has 5 rings (SSSR count). The van der Waals surface area contributed by atoms with Crippen LogP contribution >= 0.6 is 0 Å². The van der Waals surface area contributed by atoms with Crippen LogP contribution in [0, 0.1) is 6.92 Å². The maximum absolute atomic E-state index is 13.6. The summed E-state index contributed by atoms with van der Waals surface area (Å²) in [6, 6.07) is 15.2. The van der Waals surface area contributed by atoms with Crippen LogP contribution in [0.5, 0.6) is 5.88 Å². The van der Waals surface area contributed by atoms with Crippen molar-refractivity contribution in [3.05, 3.63) is 69.9 Å². The molecule has 1 aromatic carbocycles. The summed E-state index contributed by atoms with van der Waals surface area (Å²) in [6.45, 7) is 12.7. The van der Waals surface area contributed by atoms with E-state index in [1.165, 1.54) is 31.7 Å². The molecule has 206 valence electrons. The number of hydrogen-bond acceptors (Lipinski definition) is 4. The summed E-state index contributed by atoms with van der Waals surface area (Å²) in [4.78, 5) is 26.3. The van der Waals surface area contributed by atoms with Gasteiger partial charge in [-0.3, -0.25) is 9.20 Å². The van der Waals surface area contributed by atoms with Crippen molar-refractivity contribution < 1.29 is 39.4 Å². The Kier molecular flexibility index (Phi) is 10.2. The predicted molar refractivity (Wildman–Crippen MR) is 141 cm³/mol. The van der Waals surface area contributed by atoms with Gasteiger partial charge in [-0.25, -0.2) is 4.98 Å². The normalized spacial score (nSPS) is 18.1. The Bertz CT molecular complexity index is 1410. The van der Waals surface area contributed by atoms with Crippen molar-refractivity contribution >= 4 is 16.7 Å². The second-order valence-electron chi connectivity index (χ2n) is 9.95. The highest BCUT2D eigenvalue weighted by Crippen LogP contribution is 2.21. The van der Waals surface area contributed by atoms with Crippen molar-refractivity contribution in [3.8, 4) is 5.88 Å². The predicted octanol–water partition coefficient (Wildman–Crippen LogP) is -5.13. The number of aryl methyl sites for hydroxylation is 3. The molecule has 4 aromatic rings. The molecule has 0 radical (unpaired) electrons. The first kappa shape index (κ1) is 29.9. The van der Waals surface area contributed by atoms with Crippen molar-refractivity contribution in [1.82, 2.24) is 18.9 Å². The Balaban J connectivity index is 0.00000200. The summed E-state index contributed by atoms with van der Waals surface area (Å²) >= 11 is 0. The van der Waals surface area contributed by atoms with Gasteiger partial charge in [-0.15, -0.1) is 0 Å². The van der Waals surface area contributed by atoms with E-state index in [0.717, 1.165) is 42.1 Å². The number of aromatic nitrogens is 4. The summed E-state index contributed by atoms with van der Waals surface area (Å²) in [5.41, 5.74) is 4.39. The van der Waals surface area contributed by atoms with Gasteiger partial charge in [0.15, 0.2) is 5.65 Å². The molecular formula is C28H38Cl2N6O2. The number of methoxy groups -OCH3 is 1. The van der Waals surface area contributed by atoms with Gasteiger partial charge in [0.25, 0.3) is 5.56 Å². The van der Waals surface area contributed by atoms with Crippen LogP contribution in [-0.4, -0.2) is 58.8 Å². The Morgan fingerprint density at radius 3 is 2.39 bits per heavy atom. The molecule has 1 unspecified atom stereocenters. The van der Waals surface area contributed by atoms with Gasteiger partial charge in [-0.1, -0.05) is 37.3 Å². The Morgan fingerprint density at radius 1 is 1.03 bits per heavy atom. The van der Waals surface area contributed by atoms with Crippen LogP contribution in [0.15, 0.2) is 47.3 Å². The molecule has 1 saturated heterocycles. The molecule has 0 aliphatic carbocycles. The minimum Gasteiger partial charge on any atom is -1.00 e. The molecule has 1 atom stereocenters. The lowest BCUT2D eigenvalue weighted by Crippen LogP contribution is -3.28. The summed E-state index contributed by atoms with van der Waals surface area (Å²) < 4.78 is 9.21. The highest BCUT2D eigenvalue weighted by atomic mass is 35.5. The maximum atomic E-state index is 13.6. The number of rotatable bonds is 8. The van der Waals surface area contributed by atoms with Gasteiger partial charge in [0.05, 0.1) is 24.9 Å². The van der Waals surface area contributed by atoms with Crippen LogP contribution < -0.4 is 44.9 Å². The summed E-state index contributed by atoms with van der Waals surface area (Å²) in [7, 11) is 1.62. The van der Waals surface area contributed by atoms with Crippen molar-refractivity contribution in [3.63, 3.8) is 0 Å². The lowest BCUT2D eigenvalue weighted by Gasteiger charge is -2.33. The number of ether oxygens (including phenoxy) is 1. The van der Waals surface area contributed by atoms with Gasteiger partial charge in [-0.05, 0) is 19.9 Å². The number of hydrogen-bond donors (Lipinski definition) is 2. The number of nitrogens with zero attached hydrogens (tertiary/aromatic N) is 4. The van der Waals surface area contributed by atoms with Crippen LogP contribution in [0.1, 0.15) is 43.4 Å². The third kappa shape index (κ3) is 5.69. The topological polar surface area (TPSA) is 70.3 Å². The minimum atomic E-state index is 0. The van der Waals surface area contributed by atoms with Crippen LogP contribution in [0.4, 0.5) is 0 Å². The fourth-order valence-corrected chi connectivity index (χ4v) is 5.75. The number of quaternary nitrogens is 2. The van der Waals surface area contributed by atoms with Crippen LogP contribution in [0.2, 0.25) is 0 Å². The molecular weight excluding hydrogens is 523 g/mol. The number of nitrogens with one attached hydrogen (secondary N) is 2. The number of imidazole rings is 1. The van der Waals surface area contributed by atoms with E-state index in [-0.39, 0.29) is 30.4 Å². The number of fused-ring (bicyclic) bond motifs is 3. The third-order valence-corrected chi connectivity index (χ3v) is 7.85. The van der Waals surface area contributed by atoms with Crippen molar-refractivity contribution in [2.45, 2.75) is 46.2 Å². The minimum absolute atomic E-state index is 0. The largest absolute Gasteiger partial charge is 1.00 e. The van der Waals surface area contributed by atoms with Crippen molar-refractivity contribution in [2.24, 2.45) is 0 Å². The van der Waals surface area contributed by atoms with E-state index in [0.29, 0.717) is 24.0 Å². The van der Waals surface area contributed by atoms with Gasteiger partial charge >= 0.3 is 0 Å². The standard InChI is InChI=1S/C28H36N6O2.2ClH/c1-5-24-29-20(2)26-28(35)33(23-12-13-25(36-4)30-27(23)34(24)26)15-9-14-31-16-18-32(19-17-31)21(3)22-10-7-6-8-11-22;;/h6-8,10-13,21H,5,9,14-19H2,1-4H3;2*1H. The van der Waals surface area contributed by atoms with Gasteiger partial charge in [-0.2, -0.15) is 4.98 Å². The molecule has 1 fully saturated rings. The smallest absolute Gasteiger partial charge is 0.277 e. The highest BCUT2D eigenvalue weighted by molar-refractivity contribution is 5.77. The fraction of sp³-hybridized carbons (Fsp3) is 0.464. The molecule has 0 bridgehead atoms. The SMILES string of the molecule is CCc1nc(C)c2c(=O)n(CCC[NH+]3CC[NH+](C(C)c4ccccc4)CC3)c3ccc(OC)nc3n12.[Cl-].[Cl-]. The van der Waals surface area contributed by atoms with Crippen molar-refractivity contribution in [1.29, 1.82) is 0 Å². The number of pyridine rings is 1. The lowest BCUT2D eigenvalue weighted by molar-refractivity contribution is -1.03. The number of halogens is 2. The quantitative estimate of drug-likeness (QED) is 0.226. The van der Waals surface area contributed by atoms with E-state index in [9.17, 15) is 4.79 Å². The van der Waals surface area contributed by atoms with Gasteiger partial charge < -0.3 is 43.9 Å². The molecule has 0 spiro atoms. The van der Waals surface area contributed by atoms with E-state index in [4.69, 9.17) is 9.72 Å². The average Bonchev–Trinajstić information content (AvgIpc) is 3.27. The summed E-state index contributed by atoms with van der Waals surface area (Å²) in [5.74, 6) is 1.39. The highest BCUT2D eigenvalue weighted by Gasteiger charge is 2.27. The van der Waals surface area contributed by atoms with Crippen LogP contribution in [0.25, 0.3) is 16.7 Å². The number of benzene rings is 1. The zero-order valence-corrected chi connectivity index (χ0v) is 24.1. The zero-order chi connectivity index (χ0) is 25.2. The van der Waals surface area contributed by atoms with Gasteiger partial charge in [0, 0.05) is 31.0 Å². The second-order valence-corrected chi connectivity index (χ2v) is 9.95. The third-order valence-electron chi connectivity index (χ3n) is 7.85. The molecule has 8 nitrogen and oxygen atoms in total. The summed E-state index contributed by atoms with van der Waals surface area (Å²) in [6.07, 6.45) is 1.68. The van der Waals surface area contributed by atoms with Crippen molar-refractivity contribution in [2.75, 3.05) is 39.8 Å². The second kappa shape index (κ2) is 12.9. The van der Waals surface area contributed by atoms with Crippen LogP contribution in [-0.2, 0) is 13.0 Å². The molecule has 1 aliphatic rings. The molecule has 3 aromatic heterocycles. The van der Waals surface area contributed by atoms with Gasteiger partial charge in [0.2, 0.25) is 5.88 Å². The van der Waals surface area contributed by atoms with E-state index < -0.39 is 0 Å². The molecule has 2 N–H and O–H groups in total. The molecule has 38 heavy (non-hydrogen) atoms. The van der Waals surface area contributed by atoms with E-state index in [2.05, 4.69) is 49.2 Å². The van der Waals surface area contributed by atoms with E-state index >= 15 is 0 Å². The monoisotopic (exact) mass is 560 g/mol. The Labute approximate surface area is 236 Å². The zero-order valence-electron chi connectivity index (χ0n) is 22.6. The number of piperazine rings is 1. The molecule has 4 heterocycles. The van der Waals surface area contributed by atoms with E-state index in [1.54, 1.807) is 16.9 Å². The molecule has 10 heteroatoms. The summed E-state index contributed by atoms with van der Waals surface area (Å²) in [5, 5.41) is 0. The first-order valence-electron chi connectivity index (χ1n) is 13.2. The fourth-order valence-electron chi connectivity index (χ4n) is 5.75. The lowest BCUT2D eigenvalue weighted by atomic mass is 10.1. The Hall–Kier alpha value is -2.65. The van der Waals surface area contributed by atoms with E-state index in [1.807, 2.05) is 28.0 Å². The molecule has 0 saturated carbocycles.